The van der Waals surface area contributed by atoms with Crippen LogP contribution >= 0.6 is 11.3 Å². The Morgan fingerprint density at radius 1 is 1.09 bits per heavy atom. The first kappa shape index (κ1) is 21.8. The summed E-state index contributed by atoms with van der Waals surface area (Å²) in [6, 6.07) is 9.97. The number of carbonyl (C=O) groups is 1. The molecule has 1 atom stereocenters. The van der Waals surface area contributed by atoms with Crippen molar-refractivity contribution in [2.75, 3.05) is 18.7 Å². The fourth-order valence-electron chi connectivity index (χ4n) is 4.11. The van der Waals surface area contributed by atoms with Gasteiger partial charge in [-0.05, 0) is 62.1 Å². The molecule has 0 saturated carbocycles. The lowest BCUT2D eigenvalue weighted by Gasteiger charge is -2.22. The predicted molar refractivity (Wildman–Crippen MR) is 122 cm³/mol. The van der Waals surface area contributed by atoms with E-state index in [0.29, 0.717) is 41.6 Å². The molecule has 0 spiro atoms. The van der Waals surface area contributed by atoms with E-state index in [9.17, 15) is 13.2 Å². The second-order valence-electron chi connectivity index (χ2n) is 8.06. The third kappa shape index (κ3) is 4.19. The van der Waals surface area contributed by atoms with Crippen LogP contribution in [0, 0.1) is 13.8 Å². The molecule has 1 fully saturated rings. The number of nitrogens with one attached hydrogen (secondary N) is 1. The molecule has 11 heteroatoms. The summed E-state index contributed by atoms with van der Waals surface area (Å²) in [7, 11) is -3.70. The number of nitrogens with zero attached hydrogens (tertiary/aromatic N) is 3. The van der Waals surface area contributed by atoms with Crippen LogP contribution in [-0.4, -0.2) is 42.2 Å². The lowest BCUT2D eigenvalue weighted by molar-refractivity contribution is 0.102. The molecule has 9 nitrogen and oxygen atoms in total. The highest BCUT2D eigenvalue weighted by Crippen LogP contribution is 2.38. The van der Waals surface area contributed by atoms with E-state index in [-0.39, 0.29) is 16.7 Å². The zero-order chi connectivity index (χ0) is 23.2. The third-order valence-electron chi connectivity index (χ3n) is 5.56. The number of ether oxygens (including phenoxy) is 2. The van der Waals surface area contributed by atoms with Crippen molar-refractivity contribution in [2.24, 2.45) is 0 Å². The lowest BCUT2D eigenvalue weighted by atomic mass is 10.2. The van der Waals surface area contributed by atoms with Gasteiger partial charge in [-0.2, -0.15) is 4.31 Å². The Bertz CT molecular complexity index is 1320. The Morgan fingerprint density at radius 2 is 1.85 bits per heavy atom. The Morgan fingerprint density at radius 3 is 2.64 bits per heavy atom. The van der Waals surface area contributed by atoms with Crippen LogP contribution in [0.1, 0.15) is 44.8 Å². The van der Waals surface area contributed by atoms with Gasteiger partial charge < -0.3 is 14.8 Å². The van der Waals surface area contributed by atoms with Gasteiger partial charge in [0.25, 0.3) is 5.91 Å². The van der Waals surface area contributed by atoms with E-state index in [1.165, 1.54) is 4.31 Å². The summed E-state index contributed by atoms with van der Waals surface area (Å²) in [6.45, 7) is 4.31. The molecule has 2 aromatic carbocycles. The minimum Gasteiger partial charge on any atom is -0.454 e. The van der Waals surface area contributed by atoms with Gasteiger partial charge in [0, 0.05) is 18.3 Å². The topological polar surface area (TPSA) is 111 Å². The normalized spacial score (nSPS) is 17.9. The first-order valence-corrected chi connectivity index (χ1v) is 12.7. The van der Waals surface area contributed by atoms with Gasteiger partial charge in [-0.3, -0.25) is 4.79 Å². The number of anilines is 1. The summed E-state index contributed by atoms with van der Waals surface area (Å²) in [6.07, 6.45) is 1.34. The van der Waals surface area contributed by atoms with Crippen molar-refractivity contribution in [1.82, 2.24) is 14.5 Å². The number of aromatic nitrogens is 2. The van der Waals surface area contributed by atoms with Crippen molar-refractivity contribution in [3.05, 3.63) is 57.5 Å². The SMILES string of the molecule is Cc1cc(C)cc(S(=O)(=O)N2CCC[C@H]2c2nnc(C(=O)Nc3ccc4c(c3)OCO4)s2)c1. The van der Waals surface area contributed by atoms with Gasteiger partial charge in [0.05, 0.1) is 10.9 Å². The Labute approximate surface area is 195 Å². The molecule has 0 radical (unpaired) electrons. The number of hydrogen-bond acceptors (Lipinski definition) is 8. The highest BCUT2D eigenvalue weighted by Gasteiger charge is 2.38. The van der Waals surface area contributed by atoms with Crippen molar-refractivity contribution in [1.29, 1.82) is 0 Å². The van der Waals surface area contributed by atoms with Gasteiger partial charge in [-0.15, -0.1) is 10.2 Å². The summed E-state index contributed by atoms with van der Waals surface area (Å²) < 4.78 is 38.8. The smallest absolute Gasteiger partial charge is 0.286 e. The van der Waals surface area contributed by atoms with Gasteiger partial charge in [0.1, 0.15) is 5.01 Å². The van der Waals surface area contributed by atoms with Crippen molar-refractivity contribution in [3.8, 4) is 11.5 Å². The molecule has 1 saturated heterocycles. The van der Waals surface area contributed by atoms with Crippen LogP contribution in [0.15, 0.2) is 41.3 Å². The number of fused-ring (bicyclic) bond motifs is 1. The van der Waals surface area contributed by atoms with Gasteiger partial charge in [-0.25, -0.2) is 8.42 Å². The van der Waals surface area contributed by atoms with Crippen LogP contribution in [0.3, 0.4) is 0 Å². The molecule has 0 aliphatic carbocycles. The predicted octanol–water partition coefficient (Wildman–Crippen LogP) is 3.66. The molecule has 33 heavy (non-hydrogen) atoms. The fourth-order valence-corrected chi connectivity index (χ4v) is 6.91. The van der Waals surface area contributed by atoms with Gasteiger partial charge in [0.15, 0.2) is 11.5 Å². The molecule has 2 aliphatic rings. The number of rotatable bonds is 5. The number of aryl methyl sites for hydroxylation is 2. The zero-order valence-corrected chi connectivity index (χ0v) is 19.7. The Balaban J connectivity index is 1.35. The molecular formula is C22H22N4O5S2. The second kappa shape index (κ2) is 8.40. The zero-order valence-electron chi connectivity index (χ0n) is 18.1. The fraction of sp³-hybridized carbons (Fsp3) is 0.318. The Kier molecular flexibility index (Phi) is 5.55. The minimum absolute atomic E-state index is 0.148. The maximum absolute atomic E-state index is 13.4. The molecular weight excluding hydrogens is 464 g/mol. The molecule has 3 heterocycles. The molecule has 1 aromatic heterocycles. The van der Waals surface area contributed by atoms with E-state index < -0.39 is 22.0 Å². The quantitative estimate of drug-likeness (QED) is 0.586. The average molecular weight is 487 g/mol. The van der Waals surface area contributed by atoms with Crippen LogP contribution in [0.4, 0.5) is 5.69 Å². The average Bonchev–Trinajstić information content (AvgIpc) is 3.52. The largest absolute Gasteiger partial charge is 0.454 e. The Hall–Kier alpha value is -3.02. The van der Waals surface area contributed by atoms with Gasteiger partial charge >= 0.3 is 0 Å². The monoisotopic (exact) mass is 486 g/mol. The number of hydrogen-bond donors (Lipinski definition) is 1. The first-order chi connectivity index (χ1) is 15.8. The summed E-state index contributed by atoms with van der Waals surface area (Å²) in [5.74, 6) is 0.765. The second-order valence-corrected chi connectivity index (χ2v) is 11.0. The van der Waals surface area contributed by atoms with E-state index in [0.717, 1.165) is 22.5 Å². The van der Waals surface area contributed by atoms with Gasteiger partial charge in [0.2, 0.25) is 21.8 Å². The molecule has 0 unspecified atom stereocenters. The number of carbonyl (C=O) groups excluding carboxylic acids is 1. The van der Waals surface area contributed by atoms with E-state index in [2.05, 4.69) is 15.5 Å². The van der Waals surface area contributed by atoms with Crippen molar-refractivity contribution >= 4 is 33.0 Å². The van der Waals surface area contributed by atoms with Crippen LogP contribution in [-0.2, 0) is 10.0 Å². The van der Waals surface area contributed by atoms with E-state index in [1.807, 2.05) is 19.9 Å². The molecule has 1 N–H and O–H groups in total. The molecule has 2 aliphatic heterocycles. The lowest BCUT2D eigenvalue weighted by Crippen LogP contribution is -2.30. The van der Waals surface area contributed by atoms with Crippen LogP contribution in [0.25, 0.3) is 0 Å². The van der Waals surface area contributed by atoms with Crippen LogP contribution in [0.5, 0.6) is 11.5 Å². The number of amides is 1. The summed E-state index contributed by atoms with van der Waals surface area (Å²) in [5.41, 5.74) is 2.33. The van der Waals surface area contributed by atoms with E-state index in [4.69, 9.17) is 9.47 Å². The number of sulfonamides is 1. The summed E-state index contributed by atoms with van der Waals surface area (Å²) in [4.78, 5) is 13.0. The third-order valence-corrected chi connectivity index (χ3v) is 8.47. The summed E-state index contributed by atoms with van der Waals surface area (Å²) in [5, 5.41) is 11.6. The van der Waals surface area contributed by atoms with E-state index >= 15 is 0 Å². The van der Waals surface area contributed by atoms with Crippen molar-refractivity contribution < 1.29 is 22.7 Å². The standard InChI is InChI=1S/C22H22N4O5S2/c1-13-8-14(2)10-16(9-13)33(28,29)26-7-3-4-17(26)21-24-25-22(32-21)20(27)23-15-5-6-18-19(11-15)31-12-30-18/h5-6,8-11,17H,3-4,7,12H2,1-2H3,(H,23,27)/t17-/m0/s1. The van der Waals surface area contributed by atoms with Crippen molar-refractivity contribution in [2.45, 2.75) is 37.6 Å². The van der Waals surface area contributed by atoms with Gasteiger partial charge in [-0.1, -0.05) is 17.4 Å². The van der Waals surface area contributed by atoms with Crippen LogP contribution in [0.2, 0.25) is 0 Å². The highest BCUT2D eigenvalue weighted by molar-refractivity contribution is 7.89. The maximum Gasteiger partial charge on any atom is 0.286 e. The molecule has 3 aromatic rings. The first-order valence-electron chi connectivity index (χ1n) is 10.5. The molecule has 172 valence electrons. The van der Waals surface area contributed by atoms with E-state index in [1.54, 1.807) is 30.3 Å². The maximum atomic E-state index is 13.4. The molecule has 1 amide bonds. The summed E-state index contributed by atoms with van der Waals surface area (Å²) >= 11 is 1.11. The van der Waals surface area contributed by atoms with Crippen LogP contribution < -0.4 is 14.8 Å². The molecule has 5 rings (SSSR count). The minimum atomic E-state index is -3.70. The van der Waals surface area contributed by atoms with Crippen molar-refractivity contribution in [3.63, 3.8) is 0 Å². The number of benzene rings is 2. The molecule has 0 bridgehead atoms. The highest BCUT2D eigenvalue weighted by atomic mass is 32.2.